The molecule has 0 bridgehead atoms. The van der Waals surface area contributed by atoms with Crippen LogP contribution in [0.5, 0.6) is 0 Å². The number of amides is 1. The molecule has 1 aliphatic heterocycles. The lowest BCUT2D eigenvalue weighted by molar-refractivity contribution is -0.147. The monoisotopic (exact) mass is 347 g/mol. The molecule has 0 atom stereocenters. The van der Waals surface area contributed by atoms with Crippen molar-refractivity contribution in [1.82, 2.24) is 15.1 Å². The average Bonchev–Trinajstić information content (AvgIpc) is 2.57. The van der Waals surface area contributed by atoms with Gasteiger partial charge in [0.2, 0.25) is 5.91 Å². The number of hydrogen-bond donors (Lipinski definition) is 1. The third-order valence-electron chi connectivity index (χ3n) is 4.10. The highest BCUT2D eigenvalue weighted by Crippen LogP contribution is 2.08. The van der Waals surface area contributed by atoms with Crippen LogP contribution in [0.3, 0.4) is 0 Å². The summed E-state index contributed by atoms with van der Waals surface area (Å²) in [6.07, 6.45) is 0.102. The molecule has 1 aliphatic rings. The Morgan fingerprint density at radius 3 is 2.36 bits per heavy atom. The average molecular weight is 347 g/mol. The van der Waals surface area contributed by atoms with Gasteiger partial charge in [0.15, 0.2) is 0 Å². The smallest absolute Gasteiger partial charge is 0.307 e. The minimum absolute atomic E-state index is 0.0335. The van der Waals surface area contributed by atoms with Crippen LogP contribution in [0.2, 0.25) is 0 Å². The molecule has 0 unspecified atom stereocenters. The molecule has 25 heavy (non-hydrogen) atoms. The van der Waals surface area contributed by atoms with Crippen LogP contribution in [0.1, 0.15) is 25.8 Å². The minimum Gasteiger partial charge on any atom is -0.463 e. The van der Waals surface area contributed by atoms with Crippen LogP contribution in [0.4, 0.5) is 0 Å². The van der Waals surface area contributed by atoms with Crippen LogP contribution >= 0.6 is 0 Å². The number of esters is 1. The highest BCUT2D eigenvalue weighted by molar-refractivity contribution is 5.78. The van der Waals surface area contributed by atoms with Crippen LogP contribution in [-0.4, -0.2) is 67.0 Å². The summed E-state index contributed by atoms with van der Waals surface area (Å²) >= 11 is 0. The second-order valence-corrected chi connectivity index (χ2v) is 6.68. The summed E-state index contributed by atoms with van der Waals surface area (Å²) < 4.78 is 5.04. The highest BCUT2D eigenvalue weighted by atomic mass is 16.5. The van der Waals surface area contributed by atoms with E-state index >= 15 is 0 Å². The van der Waals surface area contributed by atoms with Crippen LogP contribution in [-0.2, 0) is 20.9 Å². The zero-order valence-electron chi connectivity index (χ0n) is 15.2. The number of carbonyl (C=O) groups excluding carboxylic acids is 2. The SMILES string of the molecule is CC(C)OC(=O)CCNC(=O)CN1CCN(Cc2ccccc2)CC1. The molecule has 0 saturated carbocycles. The zero-order valence-corrected chi connectivity index (χ0v) is 15.2. The lowest BCUT2D eigenvalue weighted by atomic mass is 10.2. The quantitative estimate of drug-likeness (QED) is 0.718. The molecule has 6 heteroatoms. The van der Waals surface area contributed by atoms with E-state index in [-0.39, 0.29) is 24.4 Å². The largest absolute Gasteiger partial charge is 0.463 e. The molecular formula is C19H29N3O3. The van der Waals surface area contributed by atoms with E-state index in [0.717, 1.165) is 32.7 Å². The predicted molar refractivity (Wildman–Crippen MR) is 97.0 cm³/mol. The van der Waals surface area contributed by atoms with Crippen molar-refractivity contribution >= 4 is 11.9 Å². The van der Waals surface area contributed by atoms with Crippen molar-refractivity contribution in [3.05, 3.63) is 35.9 Å². The molecule has 0 aliphatic carbocycles. The van der Waals surface area contributed by atoms with Gasteiger partial charge in [-0.1, -0.05) is 30.3 Å². The summed E-state index contributed by atoms with van der Waals surface area (Å²) in [6, 6.07) is 10.4. The summed E-state index contributed by atoms with van der Waals surface area (Å²) in [5.41, 5.74) is 1.32. The Kier molecular flexibility index (Phi) is 7.88. The minimum atomic E-state index is -0.273. The van der Waals surface area contributed by atoms with Gasteiger partial charge in [-0.25, -0.2) is 0 Å². The first-order valence-corrected chi connectivity index (χ1v) is 8.98. The molecule has 1 amide bonds. The fourth-order valence-electron chi connectivity index (χ4n) is 2.83. The number of nitrogens with one attached hydrogen (secondary N) is 1. The Bertz CT molecular complexity index is 540. The number of ether oxygens (including phenoxy) is 1. The third kappa shape index (κ3) is 7.67. The first-order chi connectivity index (χ1) is 12.0. The van der Waals surface area contributed by atoms with Gasteiger partial charge >= 0.3 is 5.97 Å². The van der Waals surface area contributed by atoms with Crippen LogP contribution < -0.4 is 5.32 Å². The van der Waals surface area contributed by atoms with Gasteiger partial charge in [0, 0.05) is 39.3 Å². The molecule has 1 fully saturated rings. The van der Waals surface area contributed by atoms with E-state index in [1.165, 1.54) is 5.56 Å². The maximum Gasteiger partial charge on any atom is 0.307 e. The van der Waals surface area contributed by atoms with Crippen LogP contribution in [0.25, 0.3) is 0 Å². The van der Waals surface area contributed by atoms with Crippen molar-refractivity contribution in [2.24, 2.45) is 0 Å². The number of benzene rings is 1. The molecule has 1 aromatic carbocycles. The molecule has 1 aromatic rings. The van der Waals surface area contributed by atoms with Gasteiger partial charge < -0.3 is 10.1 Å². The van der Waals surface area contributed by atoms with Crippen molar-refractivity contribution in [2.75, 3.05) is 39.3 Å². The number of hydrogen-bond acceptors (Lipinski definition) is 5. The van der Waals surface area contributed by atoms with Crippen LogP contribution in [0.15, 0.2) is 30.3 Å². The van der Waals surface area contributed by atoms with Crippen molar-refractivity contribution in [2.45, 2.75) is 32.9 Å². The Hall–Kier alpha value is -1.92. The molecule has 6 nitrogen and oxygen atoms in total. The maximum atomic E-state index is 12.0. The van der Waals surface area contributed by atoms with Gasteiger partial charge in [0.25, 0.3) is 0 Å². The van der Waals surface area contributed by atoms with Gasteiger partial charge in [-0.05, 0) is 19.4 Å². The lowest BCUT2D eigenvalue weighted by Crippen LogP contribution is -2.49. The van der Waals surface area contributed by atoms with Crippen molar-refractivity contribution in [3.8, 4) is 0 Å². The standard InChI is InChI=1S/C19H29N3O3/c1-16(2)25-19(24)8-9-20-18(23)15-22-12-10-21(11-13-22)14-17-6-4-3-5-7-17/h3-7,16H,8-15H2,1-2H3,(H,20,23). The van der Waals surface area contributed by atoms with Crippen molar-refractivity contribution < 1.29 is 14.3 Å². The molecule has 1 N–H and O–H groups in total. The Morgan fingerprint density at radius 1 is 1.08 bits per heavy atom. The number of carbonyl (C=O) groups is 2. The lowest BCUT2D eigenvalue weighted by Gasteiger charge is -2.34. The number of nitrogens with zero attached hydrogens (tertiary/aromatic N) is 2. The fraction of sp³-hybridized carbons (Fsp3) is 0.579. The van der Waals surface area contributed by atoms with Crippen molar-refractivity contribution in [1.29, 1.82) is 0 Å². The Balaban J connectivity index is 1.59. The fourth-order valence-corrected chi connectivity index (χ4v) is 2.83. The number of piperazine rings is 1. The van der Waals surface area contributed by atoms with Gasteiger partial charge in [0.1, 0.15) is 0 Å². The summed E-state index contributed by atoms with van der Waals surface area (Å²) in [6.45, 7) is 8.99. The van der Waals surface area contributed by atoms with E-state index in [0.29, 0.717) is 13.1 Å². The maximum absolute atomic E-state index is 12.0. The number of rotatable bonds is 8. The molecule has 0 radical (unpaired) electrons. The van der Waals surface area contributed by atoms with E-state index in [4.69, 9.17) is 4.74 Å². The summed E-state index contributed by atoms with van der Waals surface area (Å²) in [4.78, 5) is 28.0. The first-order valence-electron chi connectivity index (χ1n) is 8.98. The van der Waals surface area contributed by atoms with E-state index in [1.807, 2.05) is 19.9 Å². The van der Waals surface area contributed by atoms with Crippen molar-refractivity contribution in [3.63, 3.8) is 0 Å². The topological polar surface area (TPSA) is 61.9 Å². The van der Waals surface area contributed by atoms with E-state index < -0.39 is 0 Å². The second kappa shape index (κ2) is 10.2. The normalized spacial score (nSPS) is 16.0. The van der Waals surface area contributed by atoms with E-state index in [1.54, 1.807) is 0 Å². The second-order valence-electron chi connectivity index (χ2n) is 6.68. The molecule has 1 saturated heterocycles. The van der Waals surface area contributed by atoms with Gasteiger partial charge in [-0.15, -0.1) is 0 Å². The molecule has 0 aromatic heterocycles. The molecule has 138 valence electrons. The summed E-state index contributed by atoms with van der Waals surface area (Å²) in [5, 5.41) is 2.79. The van der Waals surface area contributed by atoms with Gasteiger partial charge in [-0.3, -0.25) is 19.4 Å². The molecule has 0 spiro atoms. The summed E-state index contributed by atoms with van der Waals surface area (Å²) in [7, 11) is 0. The highest BCUT2D eigenvalue weighted by Gasteiger charge is 2.19. The van der Waals surface area contributed by atoms with E-state index in [2.05, 4.69) is 39.4 Å². The molecule has 2 rings (SSSR count). The summed E-state index contributed by atoms with van der Waals surface area (Å²) in [5.74, 6) is -0.307. The molecular weight excluding hydrogens is 318 g/mol. The predicted octanol–water partition coefficient (Wildman–Crippen LogP) is 1.26. The Labute approximate surface area is 150 Å². The van der Waals surface area contributed by atoms with E-state index in [9.17, 15) is 9.59 Å². The molecule has 1 heterocycles. The van der Waals surface area contributed by atoms with Crippen LogP contribution in [0, 0.1) is 0 Å². The zero-order chi connectivity index (χ0) is 18.1. The van der Waals surface area contributed by atoms with Gasteiger partial charge in [-0.2, -0.15) is 0 Å². The Morgan fingerprint density at radius 2 is 1.72 bits per heavy atom. The third-order valence-corrected chi connectivity index (χ3v) is 4.10. The van der Waals surface area contributed by atoms with Gasteiger partial charge in [0.05, 0.1) is 19.1 Å². The first kappa shape index (κ1) is 19.4.